The van der Waals surface area contributed by atoms with E-state index in [1.165, 1.54) is 7.11 Å². The van der Waals surface area contributed by atoms with Crippen molar-refractivity contribution in [1.82, 2.24) is 9.78 Å². The highest BCUT2D eigenvalue weighted by Crippen LogP contribution is 2.26. The Bertz CT molecular complexity index is 617. The number of aromatic nitrogens is 2. The SMILES string of the molecule is COc1ccc(OC)c(C(=O)c2cc(C)nn2C)c1. The molecule has 0 atom stereocenters. The van der Waals surface area contributed by atoms with Crippen molar-refractivity contribution in [1.29, 1.82) is 0 Å². The first-order chi connectivity index (χ1) is 9.06. The van der Waals surface area contributed by atoms with Gasteiger partial charge in [0.25, 0.3) is 0 Å². The quantitative estimate of drug-likeness (QED) is 0.789. The molecule has 5 nitrogen and oxygen atoms in total. The van der Waals surface area contributed by atoms with Gasteiger partial charge in [0.2, 0.25) is 5.78 Å². The Hall–Kier alpha value is -2.30. The lowest BCUT2D eigenvalue weighted by molar-refractivity contribution is 0.102. The zero-order chi connectivity index (χ0) is 14.0. The summed E-state index contributed by atoms with van der Waals surface area (Å²) < 4.78 is 11.9. The third kappa shape index (κ3) is 2.45. The van der Waals surface area contributed by atoms with E-state index in [4.69, 9.17) is 9.47 Å². The molecule has 0 saturated carbocycles. The highest BCUT2D eigenvalue weighted by Gasteiger charge is 2.19. The summed E-state index contributed by atoms with van der Waals surface area (Å²) in [4.78, 5) is 12.5. The van der Waals surface area contributed by atoms with Gasteiger partial charge in [0, 0.05) is 7.05 Å². The monoisotopic (exact) mass is 260 g/mol. The summed E-state index contributed by atoms with van der Waals surface area (Å²) in [6, 6.07) is 6.89. The van der Waals surface area contributed by atoms with Crippen LogP contribution in [-0.4, -0.2) is 29.8 Å². The fourth-order valence-electron chi connectivity index (χ4n) is 1.95. The first kappa shape index (κ1) is 13.1. The molecule has 0 saturated heterocycles. The summed E-state index contributed by atoms with van der Waals surface area (Å²) in [6.45, 7) is 1.85. The van der Waals surface area contributed by atoms with E-state index in [1.54, 1.807) is 43.1 Å². The highest BCUT2D eigenvalue weighted by atomic mass is 16.5. The molecule has 0 bridgehead atoms. The number of hydrogen-bond donors (Lipinski definition) is 0. The van der Waals surface area contributed by atoms with Crippen molar-refractivity contribution < 1.29 is 14.3 Å². The number of ether oxygens (including phenoxy) is 2. The molecule has 0 aliphatic heterocycles. The molecule has 2 aromatic rings. The summed E-state index contributed by atoms with van der Waals surface area (Å²) in [5.74, 6) is 0.992. The van der Waals surface area contributed by atoms with Crippen molar-refractivity contribution in [3.63, 3.8) is 0 Å². The Morgan fingerprint density at radius 2 is 1.95 bits per heavy atom. The number of nitrogens with zero attached hydrogens (tertiary/aromatic N) is 2. The predicted molar refractivity (Wildman–Crippen MR) is 70.9 cm³/mol. The van der Waals surface area contributed by atoms with E-state index in [1.807, 2.05) is 6.92 Å². The molecule has 1 heterocycles. The topological polar surface area (TPSA) is 53.4 Å². The lowest BCUT2D eigenvalue weighted by atomic mass is 10.1. The van der Waals surface area contributed by atoms with Gasteiger partial charge < -0.3 is 9.47 Å². The normalized spacial score (nSPS) is 10.3. The Kier molecular flexibility index (Phi) is 3.55. The highest BCUT2D eigenvalue weighted by molar-refractivity contribution is 6.10. The van der Waals surface area contributed by atoms with E-state index in [2.05, 4.69) is 5.10 Å². The van der Waals surface area contributed by atoms with Gasteiger partial charge in [-0.05, 0) is 31.2 Å². The number of benzene rings is 1. The molecular formula is C14H16N2O3. The molecule has 1 aromatic carbocycles. The number of carbonyl (C=O) groups excluding carboxylic acids is 1. The van der Waals surface area contributed by atoms with Crippen molar-refractivity contribution in [3.8, 4) is 11.5 Å². The number of carbonyl (C=O) groups is 1. The summed E-state index contributed by atoms with van der Waals surface area (Å²) in [7, 11) is 4.84. The zero-order valence-corrected chi connectivity index (χ0v) is 11.4. The number of methoxy groups -OCH3 is 2. The van der Waals surface area contributed by atoms with E-state index in [0.717, 1.165) is 5.69 Å². The Balaban J connectivity index is 2.51. The van der Waals surface area contributed by atoms with Crippen molar-refractivity contribution in [3.05, 3.63) is 41.2 Å². The standard InChI is InChI=1S/C14H16N2O3/c1-9-7-12(16(2)15-9)14(17)11-8-10(18-3)5-6-13(11)19-4/h5-8H,1-4H3. The van der Waals surface area contributed by atoms with Crippen LogP contribution in [-0.2, 0) is 7.05 Å². The molecule has 19 heavy (non-hydrogen) atoms. The number of aryl methyl sites for hydroxylation is 2. The lowest BCUT2D eigenvalue weighted by Gasteiger charge is -2.09. The van der Waals surface area contributed by atoms with Gasteiger partial charge >= 0.3 is 0 Å². The molecule has 0 spiro atoms. The van der Waals surface area contributed by atoms with Crippen LogP contribution in [0.2, 0.25) is 0 Å². The van der Waals surface area contributed by atoms with Crippen LogP contribution in [0.25, 0.3) is 0 Å². The van der Waals surface area contributed by atoms with Crippen molar-refractivity contribution in [2.24, 2.45) is 7.05 Å². The van der Waals surface area contributed by atoms with Gasteiger partial charge in [0.1, 0.15) is 17.2 Å². The minimum Gasteiger partial charge on any atom is -0.497 e. The molecule has 0 aliphatic carbocycles. The van der Waals surface area contributed by atoms with Gasteiger partial charge in [-0.1, -0.05) is 0 Å². The lowest BCUT2D eigenvalue weighted by Crippen LogP contribution is -2.09. The molecule has 2 rings (SSSR count). The van der Waals surface area contributed by atoms with Gasteiger partial charge in [-0.2, -0.15) is 5.10 Å². The second-order valence-corrected chi connectivity index (χ2v) is 4.19. The first-order valence-electron chi connectivity index (χ1n) is 5.84. The number of hydrogen-bond acceptors (Lipinski definition) is 4. The van der Waals surface area contributed by atoms with E-state index in [-0.39, 0.29) is 5.78 Å². The van der Waals surface area contributed by atoms with Crippen molar-refractivity contribution in [2.45, 2.75) is 6.92 Å². The summed E-state index contributed by atoms with van der Waals surface area (Å²) >= 11 is 0. The number of rotatable bonds is 4. The Labute approximate surface area is 111 Å². The van der Waals surface area contributed by atoms with Crippen LogP contribution in [0, 0.1) is 6.92 Å². The van der Waals surface area contributed by atoms with Crippen LogP contribution in [0.5, 0.6) is 11.5 Å². The maximum absolute atomic E-state index is 12.5. The van der Waals surface area contributed by atoms with Crippen LogP contribution < -0.4 is 9.47 Å². The summed E-state index contributed by atoms with van der Waals surface area (Å²) in [5.41, 5.74) is 1.78. The van der Waals surface area contributed by atoms with E-state index in [0.29, 0.717) is 22.8 Å². The molecule has 100 valence electrons. The van der Waals surface area contributed by atoms with Crippen LogP contribution in [0.1, 0.15) is 21.7 Å². The molecule has 0 fully saturated rings. The minimum absolute atomic E-state index is 0.140. The molecule has 5 heteroatoms. The molecule has 0 aliphatic rings. The molecule has 0 N–H and O–H groups in total. The maximum atomic E-state index is 12.5. The maximum Gasteiger partial charge on any atom is 0.214 e. The average Bonchev–Trinajstić information content (AvgIpc) is 2.76. The first-order valence-corrected chi connectivity index (χ1v) is 5.84. The zero-order valence-electron chi connectivity index (χ0n) is 11.4. The van der Waals surface area contributed by atoms with Gasteiger partial charge in [0.05, 0.1) is 25.5 Å². The smallest absolute Gasteiger partial charge is 0.214 e. The summed E-state index contributed by atoms with van der Waals surface area (Å²) in [5, 5.41) is 4.18. The fraction of sp³-hybridized carbons (Fsp3) is 0.286. The van der Waals surface area contributed by atoms with Gasteiger partial charge in [-0.15, -0.1) is 0 Å². The Morgan fingerprint density at radius 3 is 2.47 bits per heavy atom. The van der Waals surface area contributed by atoms with Crippen LogP contribution >= 0.6 is 0 Å². The largest absolute Gasteiger partial charge is 0.497 e. The second kappa shape index (κ2) is 5.14. The molecular weight excluding hydrogens is 244 g/mol. The van der Waals surface area contributed by atoms with Crippen LogP contribution in [0.15, 0.2) is 24.3 Å². The number of ketones is 1. The molecule has 0 radical (unpaired) electrons. The second-order valence-electron chi connectivity index (χ2n) is 4.19. The Morgan fingerprint density at radius 1 is 1.21 bits per heavy atom. The summed E-state index contributed by atoms with van der Waals surface area (Å²) in [6.07, 6.45) is 0. The van der Waals surface area contributed by atoms with Crippen LogP contribution in [0.4, 0.5) is 0 Å². The van der Waals surface area contributed by atoms with E-state index >= 15 is 0 Å². The molecule has 0 amide bonds. The predicted octanol–water partition coefficient (Wildman–Crippen LogP) is 1.98. The van der Waals surface area contributed by atoms with E-state index < -0.39 is 0 Å². The average molecular weight is 260 g/mol. The van der Waals surface area contributed by atoms with Crippen LogP contribution in [0.3, 0.4) is 0 Å². The minimum atomic E-state index is -0.140. The third-order valence-electron chi connectivity index (χ3n) is 2.89. The van der Waals surface area contributed by atoms with Gasteiger partial charge in [-0.25, -0.2) is 0 Å². The van der Waals surface area contributed by atoms with Crippen molar-refractivity contribution in [2.75, 3.05) is 14.2 Å². The molecule has 0 unspecified atom stereocenters. The van der Waals surface area contributed by atoms with Crippen molar-refractivity contribution >= 4 is 5.78 Å². The fourth-order valence-corrected chi connectivity index (χ4v) is 1.95. The third-order valence-corrected chi connectivity index (χ3v) is 2.89. The van der Waals surface area contributed by atoms with Gasteiger partial charge in [0.15, 0.2) is 0 Å². The van der Waals surface area contributed by atoms with Gasteiger partial charge in [-0.3, -0.25) is 9.48 Å². The van der Waals surface area contributed by atoms with E-state index in [9.17, 15) is 4.79 Å². The molecule has 1 aromatic heterocycles.